The van der Waals surface area contributed by atoms with Gasteiger partial charge in [0.1, 0.15) is 5.69 Å². The fourth-order valence-corrected chi connectivity index (χ4v) is 2.59. The highest BCUT2D eigenvalue weighted by molar-refractivity contribution is 6.04. The highest BCUT2D eigenvalue weighted by atomic mass is 19.2. The number of nitrogens with one attached hydrogen (secondary N) is 2. The number of amides is 1. The van der Waals surface area contributed by atoms with Crippen LogP contribution in [0.15, 0.2) is 54.6 Å². The molecule has 0 saturated heterocycles. The molecule has 1 unspecified atom stereocenters. The van der Waals surface area contributed by atoms with E-state index in [-0.39, 0.29) is 5.91 Å². The summed E-state index contributed by atoms with van der Waals surface area (Å²) in [4.78, 5) is 14.8. The Labute approximate surface area is 158 Å². The first-order valence-corrected chi connectivity index (χ1v) is 8.29. The highest BCUT2D eigenvalue weighted by Crippen LogP contribution is 2.27. The van der Waals surface area contributed by atoms with Crippen LogP contribution in [0.1, 0.15) is 28.9 Å². The molecule has 1 atom stereocenters. The van der Waals surface area contributed by atoms with Crippen molar-refractivity contribution in [1.82, 2.24) is 4.98 Å². The van der Waals surface area contributed by atoms with E-state index in [4.69, 9.17) is 0 Å². The first kappa shape index (κ1) is 19.3. The Morgan fingerprint density at radius 1 is 0.929 bits per heavy atom. The third-order valence-electron chi connectivity index (χ3n) is 4.04. The summed E-state index contributed by atoms with van der Waals surface area (Å²) >= 11 is 0. The molecule has 1 heterocycles. The molecular formula is C20H15F4N3O. The van der Waals surface area contributed by atoms with Crippen LogP contribution in [0, 0.1) is 23.5 Å². The van der Waals surface area contributed by atoms with Crippen LogP contribution in [0.3, 0.4) is 0 Å². The van der Waals surface area contributed by atoms with Crippen LogP contribution in [-0.4, -0.2) is 10.9 Å². The zero-order chi connectivity index (χ0) is 20.3. The lowest BCUT2D eigenvalue weighted by atomic mass is 10.1. The van der Waals surface area contributed by atoms with E-state index < -0.39 is 35.3 Å². The molecule has 144 valence electrons. The predicted octanol–water partition coefficient (Wildman–Crippen LogP) is 5.06. The molecule has 3 rings (SSSR count). The molecule has 0 aliphatic carbocycles. The normalized spacial score (nSPS) is 11.8. The van der Waals surface area contributed by atoms with Crippen molar-refractivity contribution in [3.63, 3.8) is 0 Å². The number of benzene rings is 2. The van der Waals surface area contributed by atoms with Crippen molar-refractivity contribution in [2.24, 2.45) is 0 Å². The van der Waals surface area contributed by atoms with Gasteiger partial charge in [0.25, 0.3) is 17.8 Å². The molecule has 3 aromatic rings. The topological polar surface area (TPSA) is 54.0 Å². The number of hydrogen-bond donors (Lipinski definition) is 2. The van der Waals surface area contributed by atoms with Crippen LogP contribution < -0.4 is 10.6 Å². The van der Waals surface area contributed by atoms with Crippen LogP contribution in [-0.2, 0) is 0 Å². The number of carbonyl (C=O) groups excluding carboxylic acids is 1. The van der Waals surface area contributed by atoms with Crippen LogP contribution in [0.2, 0.25) is 0 Å². The average molecular weight is 389 g/mol. The lowest BCUT2D eigenvalue weighted by Crippen LogP contribution is -2.14. The zero-order valence-electron chi connectivity index (χ0n) is 14.6. The number of anilines is 2. The van der Waals surface area contributed by atoms with Gasteiger partial charge in [0.2, 0.25) is 11.6 Å². The SMILES string of the molecule is CC(Nc1c(F)c(F)nc(F)c1F)c1cccc(NC(=O)c2ccccc2)c1. The molecule has 0 spiro atoms. The second-order valence-corrected chi connectivity index (χ2v) is 6.01. The van der Waals surface area contributed by atoms with E-state index in [1.165, 1.54) is 0 Å². The molecule has 2 N–H and O–H groups in total. The van der Waals surface area contributed by atoms with Crippen LogP contribution >= 0.6 is 0 Å². The van der Waals surface area contributed by atoms with E-state index in [9.17, 15) is 22.4 Å². The molecule has 0 fully saturated rings. The number of hydrogen-bond acceptors (Lipinski definition) is 3. The van der Waals surface area contributed by atoms with E-state index in [1.807, 2.05) is 0 Å². The Morgan fingerprint density at radius 3 is 2.21 bits per heavy atom. The summed E-state index contributed by atoms with van der Waals surface area (Å²) in [5.41, 5.74) is 0.498. The maximum Gasteiger partial charge on any atom is 0.255 e. The van der Waals surface area contributed by atoms with Crippen LogP contribution in [0.5, 0.6) is 0 Å². The first-order chi connectivity index (χ1) is 13.4. The van der Waals surface area contributed by atoms with Crippen LogP contribution in [0.25, 0.3) is 0 Å². The minimum atomic E-state index is -1.74. The lowest BCUT2D eigenvalue weighted by molar-refractivity contribution is 0.102. The summed E-state index contributed by atoms with van der Waals surface area (Å²) < 4.78 is 54.1. The van der Waals surface area contributed by atoms with Gasteiger partial charge in [0.15, 0.2) is 0 Å². The molecule has 1 aromatic heterocycles. The van der Waals surface area contributed by atoms with Gasteiger partial charge in [-0.3, -0.25) is 4.79 Å². The van der Waals surface area contributed by atoms with E-state index in [0.717, 1.165) is 0 Å². The maximum absolute atomic E-state index is 13.8. The van der Waals surface area contributed by atoms with Crippen molar-refractivity contribution in [1.29, 1.82) is 0 Å². The first-order valence-electron chi connectivity index (χ1n) is 8.29. The zero-order valence-corrected chi connectivity index (χ0v) is 14.6. The molecule has 0 aliphatic heterocycles. The quantitative estimate of drug-likeness (QED) is 0.474. The molecular weight excluding hydrogens is 374 g/mol. The van der Waals surface area contributed by atoms with Crippen molar-refractivity contribution in [3.05, 3.63) is 89.3 Å². The second-order valence-electron chi connectivity index (χ2n) is 6.01. The molecule has 8 heteroatoms. The molecule has 0 bridgehead atoms. The van der Waals surface area contributed by atoms with Gasteiger partial charge in [-0.15, -0.1) is 0 Å². The largest absolute Gasteiger partial charge is 0.373 e. The number of nitrogens with zero attached hydrogens (tertiary/aromatic N) is 1. The highest BCUT2D eigenvalue weighted by Gasteiger charge is 2.22. The number of aromatic nitrogens is 1. The van der Waals surface area contributed by atoms with Gasteiger partial charge in [-0.25, -0.2) is 0 Å². The predicted molar refractivity (Wildman–Crippen MR) is 96.9 cm³/mol. The van der Waals surface area contributed by atoms with Crippen molar-refractivity contribution >= 4 is 17.3 Å². The maximum atomic E-state index is 13.8. The molecule has 2 aromatic carbocycles. The standard InChI is InChI=1S/C20H15F4N3O/c1-11(25-17-15(21)18(23)27-19(24)16(17)22)13-8-5-9-14(10-13)26-20(28)12-6-3-2-4-7-12/h2-11H,1H3,(H,25,27)(H,26,28). The molecule has 28 heavy (non-hydrogen) atoms. The minimum absolute atomic E-state index is 0.325. The third-order valence-corrected chi connectivity index (χ3v) is 4.04. The van der Waals surface area contributed by atoms with Crippen molar-refractivity contribution in [3.8, 4) is 0 Å². The Morgan fingerprint density at radius 2 is 1.57 bits per heavy atom. The summed E-state index contributed by atoms with van der Waals surface area (Å²) in [5, 5.41) is 5.12. The van der Waals surface area contributed by atoms with Crippen molar-refractivity contribution in [2.75, 3.05) is 10.6 Å². The summed E-state index contributed by atoms with van der Waals surface area (Å²) in [6, 6.07) is 14.3. The second kappa shape index (κ2) is 8.08. The van der Waals surface area contributed by atoms with E-state index in [2.05, 4.69) is 15.6 Å². The Kier molecular flexibility index (Phi) is 5.58. The monoisotopic (exact) mass is 389 g/mol. The Hall–Kier alpha value is -3.42. The summed E-state index contributed by atoms with van der Waals surface area (Å²) in [6.07, 6.45) is 0. The van der Waals surface area contributed by atoms with Gasteiger partial charge in [-0.1, -0.05) is 30.3 Å². The van der Waals surface area contributed by atoms with E-state index in [1.54, 1.807) is 61.5 Å². The van der Waals surface area contributed by atoms with Gasteiger partial charge < -0.3 is 10.6 Å². The average Bonchev–Trinajstić information content (AvgIpc) is 2.70. The molecule has 1 amide bonds. The molecule has 4 nitrogen and oxygen atoms in total. The van der Waals surface area contributed by atoms with Crippen molar-refractivity contribution < 1.29 is 22.4 Å². The molecule has 0 aliphatic rings. The number of rotatable bonds is 5. The summed E-state index contributed by atoms with van der Waals surface area (Å²) in [6.45, 7) is 1.55. The van der Waals surface area contributed by atoms with Crippen molar-refractivity contribution in [2.45, 2.75) is 13.0 Å². The lowest BCUT2D eigenvalue weighted by Gasteiger charge is -2.18. The fraction of sp³-hybridized carbons (Fsp3) is 0.100. The summed E-state index contributed by atoms with van der Waals surface area (Å²) in [5.74, 6) is -7.03. The van der Waals surface area contributed by atoms with Gasteiger partial charge in [0.05, 0.1) is 0 Å². The smallest absolute Gasteiger partial charge is 0.255 e. The Bertz CT molecular complexity index is 986. The summed E-state index contributed by atoms with van der Waals surface area (Å²) in [7, 11) is 0. The van der Waals surface area contributed by atoms with E-state index >= 15 is 0 Å². The number of pyridine rings is 1. The number of halogens is 4. The van der Waals surface area contributed by atoms with Crippen LogP contribution in [0.4, 0.5) is 28.9 Å². The third kappa shape index (κ3) is 4.11. The Balaban J connectivity index is 1.80. The van der Waals surface area contributed by atoms with E-state index in [0.29, 0.717) is 16.8 Å². The van der Waals surface area contributed by atoms with Gasteiger partial charge in [-0.05, 0) is 36.8 Å². The molecule has 0 radical (unpaired) electrons. The fourth-order valence-electron chi connectivity index (χ4n) is 2.59. The van der Waals surface area contributed by atoms with Gasteiger partial charge in [-0.2, -0.15) is 22.5 Å². The minimum Gasteiger partial charge on any atom is -0.373 e. The number of carbonyl (C=O) groups is 1. The van der Waals surface area contributed by atoms with Gasteiger partial charge in [0, 0.05) is 17.3 Å². The molecule has 0 saturated carbocycles. The van der Waals surface area contributed by atoms with Gasteiger partial charge >= 0.3 is 0 Å².